The van der Waals surface area contributed by atoms with Crippen molar-refractivity contribution in [3.63, 3.8) is 0 Å². The van der Waals surface area contributed by atoms with E-state index in [0.717, 1.165) is 12.8 Å². The fraction of sp³-hybridized carbons (Fsp3) is 0.900. The second-order valence-electron chi connectivity index (χ2n) is 4.24. The van der Waals surface area contributed by atoms with E-state index in [1.165, 1.54) is 13.5 Å². The fourth-order valence-corrected chi connectivity index (χ4v) is 1.20. The number of hydrogen-bond donors (Lipinski definition) is 0. The zero-order valence-corrected chi connectivity index (χ0v) is 8.63. The van der Waals surface area contributed by atoms with Crippen LogP contribution in [-0.4, -0.2) is 25.8 Å². The van der Waals surface area contributed by atoms with E-state index in [0.29, 0.717) is 12.7 Å². The Morgan fingerprint density at radius 2 is 2.08 bits per heavy atom. The first-order chi connectivity index (χ1) is 6.06. The normalized spacial score (nSPS) is 18.1. The van der Waals surface area contributed by atoms with Gasteiger partial charge in [-0.1, -0.05) is 0 Å². The van der Waals surface area contributed by atoms with E-state index in [4.69, 9.17) is 4.74 Å². The number of hydrogen-bond acceptors (Lipinski definition) is 3. The van der Waals surface area contributed by atoms with Gasteiger partial charge >= 0.3 is 5.97 Å². The Balaban J connectivity index is 2.27. The minimum Gasteiger partial charge on any atom is -0.469 e. The van der Waals surface area contributed by atoms with Gasteiger partial charge in [0.1, 0.15) is 0 Å². The Kier molecular flexibility index (Phi) is 3.31. The quantitative estimate of drug-likeness (QED) is 0.627. The maximum atomic E-state index is 11.3. The highest BCUT2D eigenvalue weighted by Gasteiger charge is 2.31. The summed E-state index contributed by atoms with van der Waals surface area (Å²) in [4.78, 5) is 11.3. The molecule has 0 heterocycles. The van der Waals surface area contributed by atoms with Crippen molar-refractivity contribution in [2.24, 2.45) is 5.41 Å². The van der Waals surface area contributed by atoms with Crippen molar-refractivity contribution in [1.29, 1.82) is 0 Å². The number of esters is 1. The van der Waals surface area contributed by atoms with Crippen LogP contribution in [0.15, 0.2) is 0 Å². The van der Waals surface area contributed by atoms with Gasteiger partial charge in [0.25, 0.3) is 0 Å². The molecule has 3 heteroatoms. The minimum atomic E-state index is -0.510. The van der Waals surface area contributed by atoms with Crippen LogP contribution in [0.4, 0.5) is 0 Å². The molecule has 0 unspecified atom stereocenters. The van der Waals surface area contributed by atoms with Crippen molar-refractivity contribution in [2.75, 3.05) is 13.7 Å². The Bertz CT molecular complexity index is 183. The van der Waals surface area contributed by atoms with Gasteiger partial charge in [-0.3, -0.25) is 4.79 Å². The number of carbonyl (C=O) groups excluding carboxylic acids is 1. The maximum Gasteiger partial charge on any atom is 0.313 e. The number of methoxy groups -OCH3 is 1. The average Bonchev–Trinajstić information content (AvgIpc) is 1.99. The second kappa shape index (κ2) is 4.09. The van der Waals surface area contributed by atoms with Crippen LogP contribution < -0.4 is 0 Å². The second-order valence-corrected chi connectivity index (χ2v) is 4.24. The lowest BCUT2D eigenvalue weighted by molar-refractivity contribution is -0.156. The first kappa shape index (κ1) is 10.5. The molecule has 0 aliphatic heterocycles. The minimum absolute atomic E-state index is 0.202. The van der Waals surface area contributed by atoms with E-state index in [1.807, 2.05) is 13.8 Å². The molecule has 76 valence electrons. The van der Waals surface area contributed by atoms with Crippen LogP contribution in [0.5, 0.6) is 0 Å². The first-order valence-electron chi connectivity index (χ1n) is 4.76. The van der Waals surface area contributed by atoms with Crippen molar-refractivity contribution in [3.05, 3.63) is 0 Å². The highest BCUT2D eigenvalue weighted by atomic mass is 16.5. The molecule has 0 aromatic heterocycles. The zero-order chi connectivity index (χ0) is 9.90. The Morgan fingerprint density at radius 3 is 2.46 bits per heavy atom. The highest BCUT2D eigenvalue weighted by molar-refractivity contribution is 5.75. The van der Waals surface area contributed by atoms with E-state index in [9.17, 15) is 4.79 Å². The SMILES string of the molecule is COC(=O)C(C)(C)COC1CCC1. The van der Waals surface area contributed by atoms with Crippen LogP contribution >= 0.6 is 0 Å². The van der Waals surface area contributed by atoms with Crippen LogP contribution in [0.25, 0.3) is 0 Å². The molecule has 1 aliphatic rings. The molecule has 1 fully saturated rings. The van der Waals surface area contributed by atoms with Gasteiger partial charge in [-0.25, -0.2) is 0 Å². The molecule has 1 rings (SSSR count). The Labute approximate surface area is 79.4 Å². The van der Waals surface area contributed by atoms with Gasteiger partial charge in [0.05, 0.1) is 25.2 Å². The Hall–Kier alpha value is -0.570. The number of carbonyl (C=O) groups is 1. The molecular weight excluding hydrogens is 168 g/mol. The summed E-state index contributed by atoms with van der Waals surface area (Å²) < 4.78 is 10.2. The first-order valence-corrected chi connectivity index (χ1v) is 4.76. The van der Waals surface area contributed by atoms with Gasteiger partial charge in [0, 0.05) is 0 Å². The molecular formula is C10H18O3. The summed E-state index contributed by atoms with van der Waals surface area (Å²) in [5.41, 5.74) is -0.510. The van der Waals surface area contributed by atoms with E-state index in [1.54, 1.807) is 0 Å². The van der Waals surface area contributed by atoms with E-state index in [2.05, 4.69) is 4.74 Å². The average molecular weight is 186 g/mol. The van der Waals surface area contributed by atoms with Crippen molar-refractivity contribution >= 4 is 5.97 Å². The summed E-state index contributed by atoms with van der Waals surface area (Å²) in [5, 5.41) is 0. The molecule has 0 aromatic rings. The predicted molar refractivity (Wildman–Crippen MR) is 49.4 cm³/mol. The summed E-state index contributed by atoms with van der Waals surface area (Å²) in [6.07, 6.45) is 3.90. The van der Waals surface area contributed by atoms with Gasteiger partial charge in [-0.05, 0) is 33.1 Å². The molecule has 1 aliphatic carbocycles. The van der Waals surface area contributed by atoms with Crippen molar-refractivity contribution in [2.45, 2.75) is 39.2 Å². The predicted octanol–water partition coefficient (Wildman–Crippen LogP) is 1.75. The standard InChI is InChI=1S/C10H18O3/c1-10(2,9(11)12-3)7-13-8-5-4-6-8/h8H,4-7H2,1-3H3. The third-order valence-electron chi connectivity index (χ3n) is 2.47. The summed E-state index contributed by atoms with van der Waals surface area (Å²) in [5.74, 6) is -0.202. The van der Waals surface area contributed by atoms with Gasteiger partial charge in [-0.2, -0.15) is 0 Å². The lowest BCUT2D eigenvalue weighted by Crippen LogP contribution is -2.34. The van der Waals surface area contributed by atoms with Crippen molar-refractivity contribution in [1.82, 2.24) is 0 Å². The number of ether oxygens (including phenoxy) is 2. The Morgan fingerprint density at radius 1 is 1.46 bits per heavy atom. The summed E-state index contributed by atoms with van der Waals surface area (Å²) in [6, 6.07) is 0. The topological polar surface area (TPSA) is 35.5 Å². The molecule has 1 saturated carbocycles. The van der Waals surface area contributed by atoms with Gasteiger partial charge < -0.3 is 9.47 Å². The molecule has 0 amide bonds. The summed E-state index contributed by atoms with van der Waals surface area (Å²) in [7, 11) is 1.41. The smallest absolute Gasteiger partial charge is 0.313 e. The molecule has 0 aromatic carbocycles. The molecule has 0 bridgehead atoms. The monoisotopic (exact) mass is 186 g/mol. The third kappa shape index (κ3) is 2.69. The molecule has 0 spiro atoms. The summed E-state index contributed by atoms with van der Waals surface area (Å²) >= 11 is 0. The van der Waals surface area contributed by atoms with Gasteiger partial charge in [0.15, 0.2) is 0 Å². The van der Waals surface area contributed by atoms with Crippen LogP contribution in [0, 0.1) is 5.41 Å². The van der Waals surface area contributed by atoms with Crippen molar-refractivity contribution < 1.29 is 14.3 Å². The van der Waals surface area contributed by atoms with Gasteiger partial charge in [0.2, 0.25) is 0 Å². The lowest BCUT2D eigenvalue weighted by atomic mass is 9.93. The largest absolute Gasteiger partial charge is 0.469 e. The molecule has 0 radical (unpaired) electrons. The fourth-order valence-electron chi connectivity index (χ4n) is 1.20. The van der Waals surface area contributed by atoms with E-state index < -0.39 is 5.41 Å². The van der Waals surface area contributed by atoms with E-state index in [-0.39, 0.29) is 5.97 Å². The third-order valence-corrected chi connectivity index (χ3v) is 2.47. The summed E-state index contributed by atoms with van der Waals surface area (Å²) in [6.45, 7) is 4.15. The lowest BCUT2D eigenvalue weighted by Gasteiger charge is -2.29. The molecule has 13 heavy (non-hydrogen) atoms. The highest BCUT2D eigenvalue weighted by Crippen LogP contribution is 2.25. The van der Waals surface area contributed by atoms with Crippen LogP contribution in [0.3, 0.4) is 0 Å². The maximum absolute atomic E-state index is 11.3. The van der Waals surface area contributed by atoms with Crippen molar-refractivity contribution in [3.8, 4) is 0 Å². The van der Waals surface area contributed by atoms with Crippen LogP contribution in [-0.2, 0) is 14.3 Å². The van der Waals surface area contributed by atoms with Crippen LogP contribution in [0.2, 0.25) is 0 Å². The zero-order valence-electron chi connectivity index (χ0n) is 8.63. The van der Waals surface area contributed by atoms with E-state index >= 15 is 0 Å². The molecule has 0 atom stereocenters. The number of rotatable bonds is 4. The molecule has 0 saturated heterocycles. The molecule has 3 nitrogen and oxygen atoms in total. The molecule has 0 N–H and O–H groups in total. The van der Waals surface area contributed by atoms with Crippen LogP contribution in [0.1, 0.15) is 33.1 Å². The van der Waals surface area contributed by atoms with Gasteiger partial charge in [-0.15, -0.1) is 0 Å².